The molecular formula is C19H35IN4O. The van der Waals surface area contributed by atoms with Gasteiger partial charge in [-0.3, -0.25) is 4.99 Å². The molecule has 0 spiro atoms. The summed E-state index contributed by atoms with van der Waals surface area (Å²) in [5, 5.41) is 6.73. The second-order valence-corrected chi connectivity index (χ2v) is 6.18. The first-order chi connectivity index (χ1) is 11.7. The Morgan fingerprint density at radius 1 is 1.08 bits per heavy atom. The molecule has 0 aliphatic rings. The van der Waals surface area contributed by atoms with Crippen molar-refractivity contribution in [3.05, 3.63) is 35.4 Å². The Bertz CT molecular complexity index is 480. The van der Waals surface area contributed by atoms with Crippen LogP contribution in [-0.4, -0.2) is 51.8 Å². The van der Waals surface area contributed by atoms with Crippen molar-refractivity contribution >= 4 is 29.9 Å². The highest BCUT2D eigenvalue weighted by molar-refractivity contribution is 14.0. The van der Waals surface area contributed by atoms with Crippen molar-refractivity contribution in [2.45, 2.75) is 39.3 Å². The van der Waals surface area contributed by atoms with Gasteiger partial charge in [-0.1, -0.05) is 37.6 Å². The summed E-state index contributed by atoms with van der Waals surface area (Å²) in [5.74, 6) is 0.836. The van der Waals surface area contributed by atoms with Crippen LogP contribution in [-0.2, 0) is 17.8 Å². The third kappa shape index (κ3) is 11.4. The van der Waals surface area contributed by atoms with Crippen LogP contribution in [0.1, 0.15) is 37.3 Å². The molecule has 5 nitrogen and oxygen atoms in total. The van der Waals surface area contributed by atoms with Crippen molar-refractivity contribution in [1.29, 1.82) is 0 Å². The third-order valence-electron chi connectivity index (χ3n) is 3.67. The van der Waals surface area contributed by atoms with Crippen LogP contribution in [0.25, 0.3) is 0 Å². The summed E-state index contributed by atoms with van der Waals surface area (Å²) in [6.07, 6.45) is 3.31. The smallest absolute Gasteiger partial charge is 0.191 e. The van der Waals surface area contributed by atoms with Gasteiger partial charge in [0, 0.05) is 39.9 Å². The van der Waals surface area contributed by atoms with Gasteiger partial charge < -0.3 is 20.3 Å². The van der Waals surface area contributed by atoms with Crippen molar-refractivity contribution in [1.82, 2.24) is 15.5 Å². The molecule has 0 atom stereocenters. The summed E-state index contributed by atoms with van der Waals surface area (Å²) in [7, 11) is 5.99. The lowest BCUT2D eigenvalue weighted by Crippen LogP contribution is -2.37. The van der Waals surface area contributed by atoms with Gasteiger partial charge in [-0.05, 0) is 38.1 Å². The molecule has 1 aromatic carbocycles. The maximum Gasteiger partial charge on any atom is 0.191 e. The fraction of sp³-hybridized carbons (Fsp3) is 0.632. The number of benzene rings is 1. The fourth-order valence-corrected chi connectivity index (χ4v) is 2.35. The van der Waals surface area contributed by atoms with Crippen LogP contribution in [0.3, 0.4) is 0 Å². The number of halogens is 1. The molecule has 0 saturated heterocycles. The molecule has 6 heteroatoms. The number of unbranched alkanes of at least 4 members (excludes halogenated alkanes) is 1. The van der Waals surface area contributed by atoms with E-state index in [4.69, 9.17) is 4.74 Å². The number of aliphatic imine (C=N–C) groups is 1. The van der Waals surface area contributed by atoms with E-state index in [0.717, 1.165) is 51.6 Å². The van der Waals surface area contributed by atoms with Crippen LogP contribution < -0.4 is 10.6 Å². The maximum absolute atomic E-state index is 5.57. The van der Waals surface area contributed by atoms with Crippen LogP contribution in [0, 0.1) is 0 Å². The van der Waals surface area contributed by atoms with Crippen LogP contribution in [0.2, 0.25) is 0 Å². The van der Waals surface area contributed by atoms with E-state index in [0.29, 0.717) is 0 Å². The Morgan fingerprint density at radius 3 is 2.40 bits per heavy atom. The van der Waals surface area contributed by atoms with Crippen molar-refractivity contribution in [2.75, 3.05) is 40.9 Å². The lowest BCUT2D eigenvalue weighted by atomic mass is 10.1. The molecule has 0 aromatic heterocycles. The summed E-state index contributed by atoms with van der Waals surface area (Å²) in [6.45, 7) is 6.43. The lowest BCUT2D eigenvalue weighted by molar-refractivity contribution is 0.129. The maximum atomic E-state index is 5.57. The zero-order chi connectivity index (χ0) is 17.6. The van der Waals surface area contributed by atoms with Crippen LogP contribution in [0.15, 0.2) is 29.3 Å². The first kappa shape index (κ1) is 24.1. The van der Waals surface area contributed by atoms with Crippen molar-refractivity contribution in [3.63, 3.8) is 0 Å². The van der Waals surface area contributed by atoms with Gasteiger partial charge in [0.2, 0.25) is 0 Å². The highest BCUT2D eigenvalue weighted by atomic mass is 127. The molecule has 0 aliphatic heterocycles. The van der Waals surface area contributed by atoms with Gasteiger partial charge in [-0.15, -0.1) is 24.0 Å². The molecule has 2 N–H and O–H groups in total. The van der Waals surface area contributed by atoms with Gasteiger partial charge in [0.05, 0.1) is 0 Å². The molecule has 0 aliphatic carbocycles. The van der Waals surface area contributed by atoms with E-state index in [2.05, 4.69) is 65.8 Å². The van der Waals surface area contributed by atoms with Gasteiger partial charge in [-0.25, -0.2) is 0 Å². The number of ether oxygens (including phenoxy) is 1. The van der Waals surface area contributed by atoms with E-state index in [-0.39, 0.29) is 24.0 Å². The van der Waals surface area contributed by atoms with Gasteiger partial charge in [0.25, 0.3) is 0 Å². The molecule has 0 heterocycles. The minimum absolute atomic E-state index is 0. The monoisotopic (exact) mass is 462 g/mol. The minimum Gasteiger partial charge on any atom is -0.381 e. The molecule has 0 amide bonds. The molecule has 0 bridgehead atoms. The summed E-state index contributed by atoms with van der Waals surface area (Å²) in [4.78, 5) is 6.47. The van der Waals surface area contributed by atoms with E-state index in [1.807, 2.05) is 0 Å². The van der Waals surface area contributed by atoms with E-state index in [1.54, 1.807) is 7.05 Å². The number of hydrogen-bond acceptors (Lipinski definition) is 3. The molecule has 25 heavy (non-hydrogen) atoms. The second kappa shape index (κ2) is 15.4. The fourth-order valence-electron chi connectivity index (χ4n) is 2.35. The standard InChI is InChI=1S/C19H34N4O.HI/c1-5-6-13-24-14-9-12-21-19(20-2)22-15-17-10-7-8-11-18(17)16-23(3)4;/h7-8,10-11H,5-6,9,12-16H2,1-4H3,(H2,20,21,22);1H. The molecule has 0 saturated carbocycles. The highest BCUT2D eigenvalue weighted by Crippen LogP contribution is 2.10. The summed E-state index contributed by atoms with van der Waals surface area (Å²) in [6, 6.07) is 8.52. The zero-order valence-electron chi connectivity index (χ0n) is 16.2. The van der Waals surface area contributed by atoms with E-state index in [1.165, 1.54) is 17.5 Å². The van der Waals surface area contributed by atoms with E-state index >= 15 is 0 Å². The number of nitrogens with zero attached hydrogens (tertiary/aromatic N) is 2. The third-order valence-corrected chi connectivity index (χ3v) is 3.67. The van der Waals surface area contributed by atoms with Gasteiger partial charge >= 0.3 is 0 Å². The summed E-state index contributed by atoms with van der Waals surface area (Å²) in [5.41, 5.74) is 2.65. The van der Waals surface area contributed by atoms with E-state index < -0.39 is 0 Å². The summed E-state index contributed by atoms with van der Waals surface area (Å²) < 4.78 is 5.57. The molecule has 144 valence electrons. The Labute approximate surface area is 170 Å². The molecular weight excluding hydrogens is 427 g/mol. The molecule has 0 radical (unpaired) electrons. The Morgan fingerprint density at radius 2 is 1.76 bits per heavy atom. The topological polar surface area (TPSA) is 48.9 Å². The first-order valence-electron chi connectivity index (χ1n) is 8.91. The molecule has 0 fully saturated rings. The predicted octanol–water partition coefficient (Wildman–Crippen LogP) is 3.24. The molecule has 0 unspecified atom stereocenters. The molecule has 1 rings (SSSR count). The largest absolute Gasteiger partial charge is 0.381 e. The average molecular weight is 462 g/mol. The van der Waals surface area contributed by atoms with Crippen LogP contribution in [0.5, 0.6) is 0 Å². The van der Waals surface area contributed by atoms with Crippen LogP contribution in [0.4, 0.5) is 0 Å². The predicted molar refractivity (Wildman–Crippen MR) is 118 cm³/mol. The minimum atomic E-state index is 0. The Hall–Kier alpha value is -0.860. The first-order valence-corrected chi connectivity index (χ1v) is 8.91. The second-order valence-electron chi connectivity index (χ2n) is 6.18. The quantitative estimate of drug-likeness (QED) is 0.230. The number of nitrogens with one attached hydrogen (secondary N) is 2. The molecule has 1 aromatic rings. The zero-order valence-corrected chi connectivity index (χ0v) is 18.5. The van der Waals surface area contributed by atoms with Crippen molar-refractivity contribution in [2.24, 2.45) is 4.99 Å². The lowest BCUT2D eigenvalue weighted by Gasteiger charge is -2.16. The van der Waals surface area contributed by atoms with Gasteiger partial charge in [0.1, 0.15) is 0 Å². The summed E-state index contributed by atoms with van der Waals surface area (Å²) >= 11 is 0. The van der Waals surface area contributed by atoms with E-state index in [9.17, 15) is 0 Å². The number of guanidine groups is 1. The van der Waals surface area contributed by atoms with Gasteiger partial charge in [-0.2, -0.15) is 0 Å². The Kier molecular flexibility index (Phi) is 14.9. The highest BCUT2D eigenvalue weighted by Gasteiger charge is 2.04. The Balaban J connectivity index is 0.00000576. The normalized spacial score (nSPS) is 11.3. The average Bonchev–Trinajstić information content (AvgIpc) is 2.57. The van der Waals surface area contributed by atoms with Gasteiger partial charge in [0.15, 0.2) is 5.96 Å². The van der Waals surface area contributed by atoms with Crippen molar-refractivity contribution in [3.8, 4) is 0 Å². The van der Waals surface area contributed by atoms with Crippen LogP contribution >= 0.6 is 24.0 Å². The number of rotatable bonds is 11. The number of hydrogen-bond donors (Lipinski definition) is 2. The van der Waals surface area contributed by atoms with Crippen molar-refractivity contribution < 1.29 is 4.74 Å². The SMILES string of the molecule is CCCCOCCCNC(=NC)NCc1ccccc1CN(C)C.I.